The number of ether oxygens (including phenoxy) is 2. The Labute approximate surface area is 481 Å². The summed E-state index contributed by atoms with van der Waals surface area (Å²) in [5, 5.41) is 58.7. The second-order valence-corrected chi connectivity index (χ2v) is 19.4. The summed E-state index contributed by atoms with van der Waals surface area (Å²) < 4.78 is 76.0. The maximum atomic E-state index is 13.3. The van der Waals surface area contributed by atoms with E-state index in [2.05, 4.69) is 30.8 Å². The molecule has 4 N–H and O–H groups in total. The van der Waals surface area contributed by atoms with Crippen LogP contribution in [0.3, 0.4) is 0 Å². The van der Waals surface area contributed by atoms with Gasteiger partial charge in [0.05, 0.1) is 51.0 Å². The molecule has 18 nitrogen and oxygen atoms in total. The summed E-state index contributed by atoms with van der Waals surface area (Å²) in [6, 6.07) is 35.1. The fraction of sp³-hybridized carbons (Fsp3) is 0.115. The van der Waals surface area contributed by atoms with Crippen LogP contribution >= 0.6 is 23.2 Å². The molecule has 0 unspecified atom stereocenters. The van der Waals surface area contributed by atoms with Crippen LogP contribution in [-0.2, 0) is 33.1 Å². The molecule has 0 fully saturated rings. The molecule has 380 valence electrons. The number of carbonyl (C=O) groups is 1. The van der Waals surface area contributed by atoms with Crippen molar-refractivity contribution in [2.45, 2.75) is 36.5 Å². The van der Waals surface area contributed by atoms with Crippen molar-refractivity contribution in [3.05, 3.63) is 166 Å². The zero-order chi connectivity index (χ0) is 53.5. The van der Waals surface area contributed by atoms with E-state index in [1.807, 2.05) is 0 Å². The van der Waals surface area contributed by atoms with Gasteiger partial charge in [0.15, 0.2) is 5.75 Å². The third-order valence-electron chi connectivity index (χ3n) is 11.2. The number of methoxy groups -OCH3 is 2. The number of phenolic OH excluding ortho intramolecular Hbond substituents is 1. The van der Waals surface area contributed by atoms with Crippen LogP contribution in [0.15, 0.2) is 169 Å². The molecule has 23 heteroatoms. The molecule has 0 radical (unpaired) electrons. The zero-order valence-corrected chi connectivity index (χ0v) is 47.7. The summed E-state index contributed by atoms with van der Waals surface area (Å²) in [7, 11) is -5.97. The maximum Gasteiger partial charge on any atom is 2.00 e. The first kappa shape index (κ1) is 57.9. The van der Waals surface area contributed by atoms with E-state index in [0.29, 0.717) is 50.0 Å². The SMILES string of the molecule is CCc1cc(N=Nc2c(O)c(C(=O)Nc3cccc(OC)c3)cc3ccccc23)c(Cl)cc1S(=O)(=O)O.CCc1cc(N=Nc2c([O-])c(C([O-])=Nc3cccc(OC)c3)cc3ccccc23)c(Cl)cc1S(=O)(=O)O.[Ba+2]. The number of phenols is 1. The molecule has 0 aromatic heterocycles. The predicted molar refractivity (Wildman–Crippen MR) is 285 cm³/mol. The van der Waals surface area contributed by atoms with E-state index in [4.69, 9.17) is 32.7 Å². The van der Waals surface area contributed by atoms with Gasteiger partial charge in [-0.1, -0.05) is 103 Å². The monoisotopic (exact) mass is 1210 g/mol. The minimum Gasteiger partial charge on any atom is -0.871 e. The van der Waals surface area contributed by atoms with Crippen molar-refractivity contribution in [3.8, 4) is 23.0 Å². The number of rotatable bonds is 14. The van der Waals surface area contributed by atoms with Gasteiger partial charge in [-0.15, -0.1) is 15.3 Å². The molecular formula is C52H42BaCl2N6O12S2. The van der Waals surface area contributed by atoms with Gasteiger partial charge in [-0.3, -0.25) is 18.9 Å². The number of benzene rings is 8. The molecule has 8 aromatic rings. The number of fused-ring (bicyclic) bond motifs is 2. The second-order valence-electron chi connectivity index (χ2n) is 15.8. The Morgan fingerprint density at radius 3 is 1.63 bits per heavy atom. The van der Waals surface area contributed by atoms with E-state index in [0.717, 1.165) is 12.1 Å². The van der Waals surface area contributed by atoms with Gasteiger partial charge < -0.3 is 30.1 Å². The number of aryl methyl sites for hydroxylation is 2. The Morgan fingerprint density at radius 2 is 1.11 bits per heavy atom. The molecule has 0 aliphatic rings. The minimum atomic E-state index is -4.50. The first-order valence-corrected chi connectivity index (χ1v) is 25.6. The normalized spacial score (nSPS) is 11.9. The zero-order valence-electron chi connectivity index (χ0n) is 40.1. The van der Waals surface area contributed by atoms with Gasteiger partial charge >= 0.3 is 48.9 Å². The van der Waals surface area contributed by atoms with Crippen molar-refractivity contribution in [1.29, 1.82) is 0 Å². The van der Waals surface area contributed by atoms with Crippen LogP contribution in [0.1, 0.15) is 40.9 Å². The molecule has 8 aromatic carbocycles. The van der Waals surface area contributed by atoms with Gasteiger partial charge in [0.1, 0.15) is 28.6 Å². The van der Waals surface area contributed by atoms with Crippen LogP contribution in [0.5, 0.6) is 23.0 Å². The molecule has 0 saturated carbocycles. The number of hydrogen-bond acceptors (Lipinski definition) is 15. The molecule has 75 heavy (non-hydrogen) atoms. The van der Waals surface area contributed by atoms with Crippen molar-refractivity contribution >= 4 is 160 Å². The van der Waals surface area contributed by atoms with Gasteiger partial charge in [0.25, 0.3) is 26.1 Å². The molecule has 1 amide bonds. The number of halogens is 2. The average molecular weight is 1220 g/mol. The fourth-order valence-corrected chi connectivity index (χ4v) is 9.62. The predicted octanol–water partition coefficient (Wildman–Crippen LogP) is 11.5. The van der Waals surface area contributed by atoms with Crippen LogP contribution < -0.4 is 25.0 Å². The number of aromatic hydroxyl groups is 1. The first-order chi connectivity index (χ1) is 35.2. The summed E-state index contributed by atoms with van der Waals surface area (Å²) in [4.78, 5) is 16.5. The summed E-state index contributed by atoms with van der Waals surface area (Å²) in [5.74, 6) is -1.35. The smallest absolute Gasteiger partial charge is 0.871 e. The Balaban J connectivity index is 0.000000241. The van der Waals surface area contributed by atoms with E-state index in [-0.39, 0.29) is 121 Å². The van der Waals surface area contributed by atoms with Gasteiger partial charge in [0, 0.05) is 28.6 Å². The Hall–Kier alpha value is -6.41. The van der Waals surface area contributed by atoms with Gasteiger partial charge in [-0.25, -0.2) is 0 Å². The molecule has 0 saturated heterocycles. The van der Waals surface area contributed by atoms with Gasteiger partial charge in [0.2, 0.25) is 0 Å². The third-order valence-corrected chi connectivity index (χ3v) is 13.6. The van der Waals surface area contributed by atoms with Crippen LogP contribution in [0.2, 0.25) is 10.0 Å². The van der Waals surface area contributed by atoms with Crippen molar-refractivity contribution in [3.63, 3.8) is 0 Å². The maximum absolute atomic E-state index is 13.3. The summed E-state index contributed by atoms with van der Waals surface area (Å²) in [6.45, 7) is 3.41. The topological polar surface area (TPSA) is 284 Å². The standard InChI is InChI=1S/2C26H22ClN3O6S.Ba/c2*1-3-15-12-22(21(27)14-23(15)37(33,34)35)29-30-24-19-10-5-4-7-16(19)11-20(25(24)31)26(32)28-17-8-6-9-18(13-17)36-2;/h2*4-14,31H,3H2,1-2H3,(H,28,32)(H,33,34,35);/q;;+2/p-2. The van der Waals surface area contributed by atoms with E-state index < -0.39 is 43.5 Å². The quantitative estimate of drug-likeness (QED) is 0.0260. The van der Waals surface area contributed by atoms with Crippen molar-refractivity contribution < 1.29 is 55.5 Å². The van der Waals surface area contributed by atoms with Gasteiger partial charge in [-0.2, -0.15) is 21.9 Å². The van der Waals surface area contributed by atoms with Crippen LogP contribution in [0, 0.1) is 0 Å². The molecule has 0 atom stereocenters. The summed E-state index contributed by atoms with van der Waals surface area (Å²) in [6.07, 6.45) is 0.545. The largest absolute Gasteiger partial charge is 2.00 e. The van der Waals surface area contributed by atoms with E-state index in [1.165, 1.54) is 32.4 Å². The van der Waals surface area contributed by atoms with E-state index in [9.17, 15) is 46.1 Å². The van der Waals surface area contributed by atoms with Crippen molar-refractivity contribution in [1.82, 2.24) is 0 Å². The summed E-state index contributed by atoms with van der Waals surface area (Å²) >= 11 is 12.4. The molecule has 8 rings (SSSR count). The van der Waals surface area contributed by atoms with Crippen LogP contribution in [0.25, 0.3) is 21.5 Å². The number of amides is 1. The van der Waals surface area contributed by atoms with E-state index >= 15 is 0 Å². The molecule has 0 aliphatic heterocycles. The molecule has 0 aliphatic carbocycles. The molecule has 0 heterocycles. The number of azo groups is 2. The number of aliphatic imine (C=N–C) groups is 1. The molecule has 0 bridgehead atoms. The molecular weight excluding hydrogens is 1170 g/mol. The Morgan fingerprint density at radius 1 is 0.627 bits per heavy atom. The number of hydrogen-bond donors (Lipinski definition) is 4. The van der Waals surface area contributed by atoms with Crippen LogP contribution in [-0.4, -0.2) is 106 Å². The Kier molecular flexibility index (Phi) is 19.3. The number of carbonyl (C=O) groups excluding carboxylic acids is 1. The molecule has 0 spiro atoms. The summed E-state index contributed by atoms with van der Waals surface area (Å²) in [5.41, 5.74) is 1.27. The first-order valence-electron chi connectivity index (χ1n) is 22.0. The van der Waals surface area contributed by atoms with E-state index in [1.54, 1.807) is 117 Å². The number of nitrogens with one attached hydrogen (secondary N) is 1. The van der Waals surface area contributed by atoms with Crippen LogP contribution in [0.4, 0.5) is 34.1 Å². The van der Waals surface area contributed by atoms with Crippen molar-refractivity contribution in [2.75, 3.05) is 19.5 Å². The fourth-order valence-electron chi connectivity index (χ4n) is 7.48. The average Bonchev–Trinajstić information content (AvgIpc) is 3.37. The third kappa shape index (κ3) is 13.7. The van der Waals surface area contributed by atoms with Crippen molar-refractivity contribution in [2.24, 2.45) is 25.4 Å². The second kappa shape index (κ2) is 25.0. The van der Waals surface area contributed by atoms with Gasteiger partial charge in [-0.05, 0) is 107 Å². The minimum absolute atomic E-state index is 0. The number of anilines is 1. The number of nitrogens with zero attached hydrogens (tertiary/aromatic N) is 5. The Bertz CT molecular complexity index is 3830.